The van der Waals surface area contributed by atoms with E-state index < -0.39 is 0 Å². The fraction of sp³-hybridized carbons (Fsp3) is 0. The number of aromatic amines is 1. The third kappa shape index (κ3) is 1.01. The van der Waals surface area contributed by atoms with Gasteiger partial charge in [-0.3, -0.25) is 0 Å². The van der Waals surface area contributed by atoms with Crippen molar-refractivity contribution < 1.29 is 4.42 Å². The van der Waals surface area contributed by atoms with Gasteiger partial charge in [0, 0.05) is 10.9 Å². The van der Waals surface area contributed by atoms with Gasteiger partial charge in [-0.15, -0.1) is 0 Å². The SMILES string of the molecule is c1cc2cc(-c3cn[nH]n3)ccc2o1. The normalized spacial score (nSPS) is 10.9. The molecule has 0 unspecified atom stereocenters. The van der Waals surface area contributed by atoms with Crippen LogP contribution in [0.4, 0.5) is 0 Å². The topological polar surface area (TPSA) is 54.7 Å². The Kier molecular flexibility index (Phi) is 1.41. The number of nitrogens with zero attached hydrogens (tertiary/aromatic N) is 2. The molecule has 3 aromatic rings. The van der Waals surface area contributed by atoms with Gasteiger partial charge in [-0.05, 0) is 24.3 Å². The van der Waals surface area contributed by atoms with Crippen LogP contribution < -0.4 is 0 Å². The maximum atomic E-state index is 5.25. The second kappa shape index (κ2) is 2.70. The summed E-state index contributed by atoms with van der Waals surface area (Å²) in [6.45, 7) is 0. The lowest BCUT2D eigenvalue weighted by Crippen LogP contribution is -1.76. The molecule has 0 aliphatic rings. The number of hydrogen-bond acceptors (Lipinski definition) is 3. The maximum absolute atomic E-state index is 5.25. The highest BCUT2D eigenvalue weighted by Crippen LogP contribution is 2.22. The van der Waals surface area contributed by atoms with Crippen LogP contribution in [0.2, 0.25) is 0 Å². The van der Waals surface area contributed by atoms with Crippen LogP contribution in [0.25, 0.3) is 22.2 Å². The molecule has 0 spiro atoms. The lowest BCUT2D eigenvalue weighted by Gasteiger charge is -1.94. The van der Waals surface area contributed by atoms with E-state index in [4.69, 9.17) is 4.42 Å². The van der Waals surface area contributed by atoms with E-state index in [1.54, 1.807) is 12.5 Å². The molecule has 0 aliphatic carbocycles. The van der Waals surface area contributed by atoms with Gasteiger partial charge in [0.2, 0.25) is 0 Å². The summed E-state index contributed by atoms with van der Waals surface area (Å²) in [5.74, 6) is 0. The summed E-state index contributed by atoms with van der Waals surface area (Å²) in [5, 5.41) is 11.4. The molecule has 1 N–H and O–H groups in total. The molecule has 2 heterocycles. The number of rotatable bonds is 1. The molecule has 0 bridgehead atoms. The predicted octanol–water partition coefficient (Wildman–Crippen LogP) is 2.22. The van der Waals surface area contributed by atoms with Gasteiger partial charge >= 0.3 is 0 Å². The van der Waals surface area contributed by atoms with Crippen LogP contribution in [0.3, 0.4) is 0 Å². The van der Waals surface area contributed by atoms with E-state index in [9.17, 15) is 0 Å². The highest BCUT2D eigenvalue weighted by molar-refractivity contribution is 5.82. The molecular formula is C10H7N3O. The quantitative estimate of drug-likeness (QED) is 0.632. The molecule has 0 saturated carbocycles. The highest BCUT2D eigenvalue weighted by atomic mass is 16.3. The third-order valence-electron chi connectivity index (χ3n) is 2.16. The first-order valence-electron chi connectivity index (χ1n) is 4.27. The molecule has 14 heavy (non-hydrogen) atoms. The number of benzene rings is 1. The van der Waals surface area contributed by atoms with E-state index in [1.807, 2.05) is 24.3 Å². The van der Waals surface area contributed by atoms with Gasteiger partial charge in [0.15, 0.2) is 0 Å². The Morgan fingerprint density at radius 2 is 2.21 bits per heavy atom. The molecule has 2 aromatic heterocycles. The Morgan fingerprint density at radius 3 is 3.07 bits per heavy atom. The minimum atomic E-state index is 0.841. The maximum Gasteiger partial charge on any atom is 0.133 e. The van der Waals surface area contributed by atoms with E-state index >= 15 is 0 Å². The van der Waals surface area contributed by atoms with Gasteiger partial charge in [0.1, 0.15) is 11.3 Å². The van der Waals surface area contributed by atoms with Crippen LogP contribution in [-0.4, -0.2) is 15.4 Å². The fourth-order valence-electron chi connectivity index (χ4n) is 1.47. The second-order valence-corrected chi connectivity index (χ2v) is 3.03. The first-order valence-corrected chi connectivity index (χ1v) is 4.27. The summed E-state index contributed by atoms with van der Waals surface area (Å²) < 4.78 is 5.25. The summed E-state index contributed by atoms with van der Waals surface area (Å²) in [6.07, 6.45) is 3.37. The van der Waals surface area contributed by atoms with Crippen molar-refractivity contribution in [2.75, 3.05) is 0 Å². The van der Waals surface area contributed by atoms with Crippen LogP contribution >= 0.6 is 0 Å². The number of nitrogens with one attached hydrogen (secondary N) is 1. The molecule has 4 nitrogen and oxygen atoms in total. The van der Waals surface area contributed by atoms with E-state index in [2.05, 4.69) is 15.4 Å². The Hall–Kier alpha value is -2.10. The van der Waals surface area contributed by atoms with Crippen LogP contribution in [0.15, 0.2) is 41.1 Å². The predicted molar refractivity (Wildman–Crippen MR) is 51.6 cm³/mol. The monoisotopic (exact) mass is 185 g/mol. The second-order valence-electron chi connectivity index (χ2n) is 3.03. The number of H-pyrrole nitrogens is 1. The van der Waals surface area contributed by atoms with Gasteiger partial charge < -0.3 is 4.42 Å². The number of furan rings is 1. The highest BCUT2D eigenvalue weighted by Gasteiger charge is 2.02. The molecule has 1 aromatic carbocycles. The number of hydrogen-bond donors (Lipinski definition) is 1. The lowest BCUT2D eigenvalue weighted by molar-refractivity contribution is 0.616. The molecule has 0 atom stereocenters. The van der Waals surface area contributed by atoms with E-state index in [-0.39, 0.29) is 0 Å². The van der Waals surface area contributed by atoms with Crippen molar-refractivity contribution in [3.05, 3.63) is 36.7 Å². The van der Waals surface area contributed by atoms with Crippen LogP contribution in [0, 0.1) is 0 Å². The van der Waals surface area contributed by atoms with Crippen molar-refractivity contribution in [3.63, 3.8) is 0 Å². The molecule has 68 valence electrons. The van der Waals surface area contributed by atoms with Crippen molar-refractivity contribution in [1.82, 2.24) is 15.4 Å². The Bertz CT molecular complexity index is 554. The van der Waals surface area contributed by atoms with Gasteiger partial charge in [-0.1, -0.05) is 0 Å². The minimum Gasteiger partial charge on any atom is -0.464 e. The summed E-state index contributed by atoms with van der Waals surface area (Å²) >= 11 is 0. The zero-order chi connectivity index (χ0) is 9.38. The fourth-order valence-corrected chi connectivity index (χ4v) is 1.47. The molecule has 0 saturated heterocycles. The van der Waals surface area contributed by atoms with Crippen LogP contribution in [0.5, 0.6) is 0 Å². The molecule has 3 rings (SSSR count). The summed E-state index contributed by atoms with van der Waals surface area (Å²) in [4.78, 5) is 0. The van der Waals surface area contributed by atoms with Crippen molar-refractivity contribution >= 4 is 11.0 Å². The number of aromatic nitrogens is 3. The van der Waals surface area contributed by atoms with Crippen molar-refractivity contribution in [2.24, 2.45) is 0 Å². The zero-order valence-corrected chi connectivity index (χ0v) is 7.27. The van der Waals surface area contributed by atoms with Crippen molar-refractivity contribution in [2.45, 2.75) is 0 Å². The first kappa shape index (κ1) is 7.32. The average molecular weight is 185 g/mol. The van der Waals surface area contributed by atoms with Crippen LogP contribution in [-0.2, 0) is 0 Å². The molecule has 0 amide bonds. The lowest BCUT2D eigenvalue weighted by atomic mass is 10.1. The average Bonchev–Trinajstić information content (AvgIpc) is 2.88. The molecule has 0 aliphatic heterocycles. The van der Waals surface area contributed by atoms with Crippen molar-refractivity contribution in [3.8, 4) is 11.3 Å². The number of fused-ring (bicyclic) bond motifs is 1. The van der Waals surface area contributed by atoms with Crippen LogP contribution in [0.1, 0.15) is 0 Å². The Labute approximate surface area is 79.5 Å². The summed E-state index contributed by atoms with van der Waals surface area (Å²) in [5.41, 5.74) is 2.76. The van der Waals surface area contributed by atoms with Gasteiger partial charge in [-0.25, -0.2) is 0 Å². The van der Waals surface area contributed by atoms with E-state index in [0.29, 0.717) is 0 Å². The molecule has 0 fully saturated rings. The molecule has 0 radical (unpaired) electrons. The summed E-state index contributed by atoms with van der Waals surface area (Å²) in [7, 11) is 0. The summed E-state index contributed by atoms with van der Waals surface area (Å²) in [6, 6.07) is 7.85. The first-order chi connectivity index (χ1) is 6.93. The smallest absolute Gasteiger partial charge is 0.133 e. The minimum absolute atomic E-state index is 0.841. The molecule has 4 heteroatoms. The largest absolute Gasteiger partial charge is 0.464 e. The zero-order valence-electron chi connectivity index (χ0n) is 7.27. The molecular weight excluding hydrogens is 178 g/mol. The van der Waals surface area contributed by atoms with Crippen molar-refractivity contribution in [1.29, 1.82) is 0 Å². The Balaban J connectivity index is 2.23. The Morgan fingerprint density at radius 1 is 1.21 bits per heavy atom. The van der Waals surface area contributed by atoms with Gasteiger partial charge in [0.25, 0.3) is 0 Å². The van der Waals surface area contributed by atoms with Gasteiger partial charge in [-0.2, -0.15) is 15.4 Å². The third-order valence-corrected chi connectivity index (χ3v) is 2.16. The standard InChI is InChI=1S/C10H7N3O/c1-2-10-8(3-4-14-10)5-7(1)9-6-11-13-12-9/h1-6H,(H,11,12,13). The van der Waals surface area contributed by atoms with E-state index in [1.165, 1.54) is 0 Å². The van der Waals surface area contributed by atoms with Gasteiger partial charge in [0.05, 0.1) is 12.5 Å². The van der Waals surface area contributed by atoms with E-state index in [0.717, 1.165) is 22.2 Å².